The molecule has 0 bridgehead atoms. The summed E-state index contributed by atoms with van der Waals surface area (Å²) in [5, 5.41) is 10.5. The average molecular weight is 451 g/mol. The van der Waals surface area contributed by atoms with Crippen LogP contribution in [0, 0.1) is 6.92 Å². The number of rotatable bonds is 8. The largest absolute Gasteiger partial charge is 0.496 e. The first-order chi connectivity index (χ1) is 16.0. The molecule has 1 aromatic heterocycles. The minimum absolute atomic E-state index is 0.128. The molecule has 4 rings (SSSR count). The van der Waals surface area contributed by atoms with E-state index in [9.17, 15) is 9.90 Å². The maximum Gasteiger partial charge on any atom is 0.335 e. The molecule has 2 aromatic carbocycles. The number of nitrogens with one attached hydrogen (secondary N) is 1. The molecule has 1 fully saturated rings. The lowest BCUT2D eigenvalue weighted by molar-refractivity contribution is -0.0438. The minimum Gasteiger partial charge on any atom is -0.496 e. The van der Waals surface area contributed by atoms with E-state index in [0.29, 0.717) is 18.2 Å². The Labute approximate surface area is 195 Å². The summed E-state index contributed by atoms with van der Waals surface area (Å²) >= 11 is 0. The van der Waals surface area contributed by atoms with Crippen molar-refractivity contribution in [1.82, 2.24) is 9.88 Å². The number of carboxylic acids is 1. The zero-order chi connectivity index (χ0) is 23.5. The Bertz CT molecular complexity index is 1110. The first-order valence-corrected chi connectivity index (χ1v) is 11.8. The van der Waals surface area contributed by atoms with E-state index < -0.39 is 5.97 Å². The standard InChI is InChI=1S/C27H34N2O4/c1-5-20-14-21(33-6-2)15-24(18-7-9-19(10-8-18)27(30)31)29(20)16-23-22-11-12-28-26(22)17(3)13-25(23)32-4/h7-13,20-21,24,28H,5-6,14-16H2,1-4H3,(H,30,31)/t20-,21+,24+/m0/s1. The summed E-state index contributed by atoms with van der Waals surface area (Å²) in [4.78, 5) is 17.3. The van der Waals surface area contributed by atoms with Gasteiger partial charge in [-0.25, -0.2) is 4.79 Å². The van der Waals surface area contributed by atoms with Gasteiger partial charge in [0.2, 0.25) is 0 Å². The Morgan fingerprint density at radius 3 is 2.58 bits per heavy atom. The molecule has 176 valence electrons. The highest BCUT2D eigenvalue weighted by molar-refractivity contribution is 5.88. The van der Waals surface area contributed by atoms with E-state index >= 15 is 0 Å². The van der Waals surface area contributed by atoms with E-state index in [1.807, 2.05) is 25.3 Å². The molecule has 0 saturated carbocycles. The second kappa shape index (κ2) is 9.98. The highest BCUT2D eigenvalue weighted by Crippen LogP contribution is 2.41. The van der Waals surface area contributed by atoms with Crippen molar-refractivity contribution >= 4 is 16.9 Å². The zero-order valence-electron chi connectivity index (χ0n) is 19.9. The van der Waals surface area contributed by atoms with Gasteiger partial charge in [0.1, 0.15) is 5.75 Å². The van der Waals surface area contributed by atoms with Crippen molar-refractivity contribution in [1.29, 1.82) is 0 Å². The van der Waals surface area contributed by atoms with Crippen molar-refractivity contribution in [2.24, 2.45) is 0 Å². The SMILES string of the molecule is CCO[C@@H]1C[C@H](CC)N(Cc2c(OC)cc(C)c3[nH]ccc23)[C@@H](c2ccc(C(=O)O)cc2)C1. The van der Waals surface area contributed by atoms with Gasteiger partial charge in [-0.15, -0.1) is 0 Å². The summed E-state index contributed by atoms with van der Waals surface area (Å²) in [5.74, 6) is 0.00118. The van der Waals surface area contributed by atoms with E-state index in [1.54, 1.807) is 19.2 Å². The predicted octanol–water partition coefficient (Wildman–Crippen LogP) is 5.70. The maximum absolute atomic E-state index is 11.4. The van der Waals surface area contributed by atoms with E-state index in [4.69, 9.17) is 9.47 Å². The second-order valence-corrected chi connectivity index (χ2v) is 8.87. The van der Waals surface area contributed by atoms with Crippen molar-refractivity contribution in [2.45, 2.75) is 64.8 Å². The molecule has 2 N–H and O–H groups in total. The van der Waals surface area contributed by atoms with E-state index in [1.165, 1.54) is 16.5 Å². The lowest BCUT2D eigenvalue weighted by Gasteiger charge is -2.45. The van der Waals surface area contributed by atoms with Crippen LogP contribution in [0.1, 0.15) is 66.2 Å². The van der Waals surface area contributed by atoms with Crippen LogP contribution in [-0.4, -0.2) is 46.8 Å². The fraction of sp³-hybridized carbons (Fsp3) is 0.444. The van der Waals surface area contributed by atoms with Crippen LogP contribution < -0.4 is 4.74 Å². The van der Waals surface area contributed by atoms with E-state index in [0.717, 1.165) is 42.6 Å². The smallest absolute Gasteiger partial charge is 0.335 e. The molecule has 2 heterocycles. The summed E-state index contributed by atoms with van der Waals surface area (Å²) < 4.78 is 11.9. The third-order valence-corrected chi connectivity index (χ3v) is 6.98. The van der Waals surface area contributed by atoms with Gasteiger partial charge >= 0.3 is 5.97 Å². The highest BCUT2D eigenvalue weighted by atomic mass is 16.5. The van der Waals surface area contributed by atoms with Crippen molar-refractivity contribution in [2.75, 3.05) is 13.7 Å². The average Bonchev–Trinajstić information content (AvgIpc) is 3.32. The third kappa shape index (κ3) is 4.63. The number of nitrogens with zero attached hydrogens (tertiary/aromatic N) is 1. The topological polar surface area (TPSA) is 74.8 Å². The number of methoxy groups -OCH3 is 1. The van der Waals surface area contributed by atoms with Crippen molar-refractivity contribution < 1.29 is 19.4 Å². The first kappa shape index (κ1) is 23.3. The quantitative estimate of drug-likeness (QED) is 0.460. The number of likely N-dealkylation sites (tertiary alicyclic amines) is 1. The number of H-pyrrole nitrogens is 1. The molecule has 0 unspecified atom stereocenters. The molecular weight excluding hydrogens is 416 g/mol. The molecule has 0 amide bonds. The summed E-state index contributed by atoms with van der Waals surface area (Å²) in [6, 6.07) is 12.0. The number of aromatic amines is 1. The van der Waals surface area contributed by atoms with Gasteiger partial charge < -0.3 is 19.6 Å². The van der Waals surface area contributed by atoms with Gasteiger partial charge in [0, 0.05) is 47.9 Å². The molecule has 33 heavy (non-hydrogen) atoms. The molecule has 1 saturated heterocycles. The number of benzene rings is 2. The number of aromatic nitrogens is 1. The third-order valence-electron chi connectivity index (χ3n) is 6.98. The summed E-state index contributed by atoms with van der Waals surface area (Å²) in [6.07, 6.45) is 5.05. The van der Waals surface area contributed by atoms with Crippen LogP contribution in [0.4, 0.5) is 0 Å². The van der Waals surface area contributed by atoms with Gasteiger partial charge in [0.05, 0.1) is 18.8 Å². The number of hydrogen-bond donors (Lipinski definition) is 2. The number of hydrogen-bond acceptors (Lipinski definition) is 4. The summed E-state index contributed by atoms with van der Waals surface area (Å²) in [7, 11) is 1.73. The van der Waals surface area contributed by atoms with Crippen LogP contribution in [0.2, 0.25) is 0 Å². The molecular formula is C27H34N2O4. The normalized spacial score (nSPS) is 21.4. The van der Waals surface area contributed by atoms with Gasteiger partial charge in [0.25, 0.3) is 0 Å². The second-order valence-electron chi connectivity index (χ2n) is 8.87. The Hall–Kier alpha value is -2.83. The van der Waals surface area contributed by atoms with Gasteiger partial charge in [-0.2, -0.15) is 0 Å². The molecule has 3 atom stereocenters. The van der Waals surface area contributed by atoms with E-state index in [-0.39, 0.29) is 12.1 Å². The van der Waals surface area contributed by atoms with Gasteiger partial charge in [-0.05, 0) is 68.5 Å². The van der Waals surface area contributed by atoms with Crippen molar-refractivity contribution in [3.05, 3.63) is 64.8 Å². The Kier molecular flexibility index (Phi) is 7.05. The number of carboxylic acid groups (broad SMARTS) is 1. The number of carbonyl (C=O) groups is 1. The first-order valence-electron chi connectivity index (χ1n) is 11.8. The Morgan fingerprint density at radius 1 is 1.18 bits per heavy atom. The molecule has 1 aliphatic heterocycles. The Morgan fingerprint density at radius 2 is 1.94 bits per heavy atom. The van der Waals surface area contributed by atoms with Crippen LogP contribution in [0.3, 0.4) is 0 Å². The van der Waals surface area contributed by atoms with Crippen LogP contribution >= 0.6 is 0 Å². The van der Waals surface area contributed by atoms with Crippen LogP contribution in [0.5, 0.6) is 5.75 Å². The number of fused-ring (bicyclic) bond motifs is 1. The number of piperidine rings is 1. The molecule has 3 aromatic rings. The Balaban J connectivity index is 1.76. The monoisotopic (exact) mass is 450 g/mol. The molecule has 1 aliphatic rings. The molecule has 6 nitrogen and oxygen atoms in total. The van der Waals surface area contributed by atoms with Gasteiger partial charge in [-0.3, -0.25) is 4.90 Å². The predicted molar refractivity (Wildman–Crippen MR) is 130 cm³/mol. The van der Waals surface area contributed by atoms with Crippen LogP contribution in [0.15, 0.2) is 42.6 Å². The molecule has 0 radical (unpaired) electrons. The molecule has 6 heteroatoms. The van der Waals surface area contributed by atoms with Crippen LogP contribution in [0.25, 0.3) is 10.9 Å². The fourth-order valence-corrected chi connectivity index (χ4v) is 5.33. The van der Waals surface area contributed by atoms with E-state index in [2.05, 4.69) is 35.9 Å². The van der Waals surface area contributed by atoms with Crippen LogP contribution in [-0.2, 0) is 11.3 Å². The number of ether oxygens (including phenoxy) is 2. The van der Waals surface area contributed by atoms with Gasteiger partial charge in [-0.1, -0.05) is 19.1 Å². The molecule has 0 spiro atoms. The fourth-order valence-electron chi connectivity index (χ4n) is 5.33. The minimum atomic E-state index is -0.903. The number of aryl methyl sites for hydroxylation is 1. The van der Waals surface area contributed by atoms with Crippen molar-refractivity contribution in [3.63, 3.8) is 0 Å². The zero-order valence-corrected chi connectivity index (χ0v) is 19.9. The maximum atomic E-state index is 11.4. The molecule has 0 aliphatic carbocycles. The lowest BCUT2D eigenvalue weighted by atomic mass is 9.86. The number of aromatic carboxylic acids is 1. The summed E-state index contributed by atoms with van der Waals surface area (Å²) in [6.45, 7) is 7.82. The van der Waals surface area contributed by atoms with Gasteiger partial charge in [0.15, 0.2) is 0 Å². The summed E-state index contributed by atoms with van der Waals surface area (Å²) in [5.41, 5.74) is 4.92. The lowest BCUT2D eigenvalue weighted by Crippen LogP contribution is -2.46. The highest BCUT2D eigenvalue weighted by Gasteiger charge is 2.36. The van der Waals surface area contributed by atoms with Crippen molar-refractivity contribution in [3.8, 4) is 5.75 Å².